The molecule has 1 saturated heterocycles. The Labute approximate surface area is 165 Å². The van der Waals surface area contributed by atoms with Gasteiger partial charge in [-0.1, -0.05) is 0 Å². The van der Waals surface area contributed by atoms with Crippen LogP contribution in [0, 0.1) is 0 Å². The van der Waals surface area contributed by atoms with Crippen molar-refractivity contribution in [2.75, 3.05) is 18.4 Å². The number of hydrogen-bond acceptors (Lipinski definition) is 7. The number of nitrogens with zero attached hydrogens (tertiary/aromatic N) is 2. The Kier molecular flexibility index (Phi) is 7.66. The molecule has 2 heterocycles. The number of hydrogen-bond donors (Lipinski definition) is 2. The Morgan fingerprint density at radius 2 is 2.00 bits per heavy atom. The van der Waals surface area contributed by atoms with Crippen molar-refractivity contribution in [1.82, 2.24) is 9.88 Å². The molecule has 2 N–H and O–H groups in total. The minimum Gasteiger partial charge on any atom is -0.547 e. The normalized spacial score (nSPS) is 17.1. The third-order valence-electron chi connectivity index (χ3n) is 3.92. The van der Waals surface area contributed by atoms with Gasteiger partial charge in [-0.3, -0.25) is 10.2 Å². The maximum atomic E-state index is 11.8. The fourth-order valence-corrected chi connectivity index (χ4v) is 2.59. The average Bonchev–Trinajstić information content (AvgIpc) is 2.48. The minimum atomic E-state index is -1.74. The van der Waals surface area contributed by atoms with Crippen molar-refractivity contribution >= 4 is 17.9 Å². The zero-order chi connectivity index (χ0) is 18.7. The second-order valence-electron chi connectivity index (χ2n) is 7.27. The van der Waals surface area contributed by atoms with Gasteiger partial charge in [0, 0.05) is 25.8 Å². The molecular weight excluding hydrogens is 333 g/mol. The van der Waals surface area contributed by atoms with Crippen LogP contribution in [0.25, 0.3) is 0 Å². The fourth-order valence-electron chi connectivity index (χ4n) is 2.59. The third-order valence-corrected chi connectivity index (χ3v) is 3.92. The van der Waals surface area contributed by atoms with E-state index in [2.05, 4.69) is 10.3 Å². The summed E-state index contributed by atoms with van der Waals surface area (Å²) in [5.74, 6) is -1.03. The molecule has 0 spiro atoms. The molecule has 1 fully saturated rings. The summed E-state index contributed by atoms with van der Waals surface area (Å²) in [7, 11) is 0. The van der Waals surface area contributed by atoms with Crippen LogP contribution in [0.4, 0.5) is 10.6 Å². The molecule has 26 heavy (non-hydrogen) atoms. The van der Waals surface area contributed by atoms with Gasteiger partial charge in [-0.15, -0.1) is 0 Å². The van der Waals surface area contributed by atoms with Crippen molar-refractivity contribution < 1.29 is 43.4 Å². The first-order chi connectivity index (χ1) is 11.6. The van der Waals surface area contributed by atoms with E-state index in [0.29, 0.717) is 25.5 Å². The van der Waals surface area contributed by atoms with Gasteiger partial charge in [-0.05, 0) is 51.3 Å². The number of amides is 1. The van der Waals surface area contributed by atoms with Crippen molar-refractivity contribution in [3.8, 4) is 0 Å². The predicted octanol–water partition coefficient (Wildman–Crippen LogP) is -2.49. The topological polar surface area (TPSA) is 115 Å². The zero-order valence-electron chi connectivity index (χ0n) is 15.7. The second-order valence-corrected chi connectivity index (χ2v) is 7.27. The Morgan fingerprint density at radius 3 is 2.54 bits per heavy atom. The molecule has 0 aromatic carbocycles. The number of anilines is 1. The molecule has 1 aromatic rings. The monoisotopic (exact) mass is 357 g/mol. The van der Waals surface area contributed by atoms with Crippen LogP contribution in [0.2, 0.25) is 0 Å². The van der Waals surface area contributed by atoms with E-state index in [1.165, 1.54) is 0 Å². The molecular formula is C17H24LiN3O5. The molecule has 8 nitrogen and oxygen atoms in total. The first-order valence-corrected chi connectivity index (χ1v) is 8.18. The predicted molar refractivity (Wildman–Crippen MR) is 88.6 cm³/mol. The molecule has 1 aromatic heterocycles. The molecule has 138 valence electrons. The molecule has 0 bridgehead atoms. The average molecular weight is 357 g/mol. The van der Waals surface area contributed by atoms with E-state index in [-0.39, 0.29) is 31.7 Å². The standard InChI is InChI=1S/C17H25N3O5.Li/c1-16(2,3)25-15(23)19-13-10-12(4-7-18-13)11-20-8-5-17(24,6-9-20)14(21)22;/h4,7,10,24H,5-6,8-9,11H2,1-3H3,(H,21,22)(H,18,19,23);/q;+1/p-1. The van der Waals surface area contributed by atoms with Crippen LogP contribution in [0.3, 0.4) is 0 Å². The van der Waals surface area contributed by atoms with Crippen LogP contribution < -0.4 is 29.3 Å². The van der Waals surface area contributed by atoms with Gasteiger partial charge in [0.25, 0.3) is 0 Å². The number of carbonyl (C=O) groups is 2. The summed E-state index contributed by atoms with van der Waals surface area (Å²) in [6.45, 7) is 6.79. The van der Waals surface area contributed by atoms with Crippen LogP contribution in [0.1, 0.15) is 39.2 Å². The van der Waals surface area contributed by atoms with E-state index in [0.717, 1.165) is 5.56 Å². The van der Waals surface area contributed by atoms with Crippen molar-refractivity contribution in [2.45, 2.75) is 51.4 Å². The number of pyridine rings is 1. The van der Waals surface area contributed by atoms with Gasteiger partial charge in [0.1, 0.15) is 17.0 Å². The molecule has 2 rings (SSSR count). The van der Waals surface area contributed by atoms with Crippen LogP contribution in [0.15, 0.2) is 18.3 Å². The Hall–Kier alpha value is -1.59. The fraction of sp³-hybridized carbons (Fsp3) is 0.588. The Balaban J connectivity index is 0.00000338. The number of aliphatic hydroxyl groups is 1. The molecule has 9 heteroatoms. The van der Waals surface area contributed by atoms with E-state index in [1.54, 1.807) is 33.0 Å². The van der Waals surface area contributed by atoms with E-state index >= 15 is 0 Å². The number of carboxylic acid groups (broad SMARTS) is 1. The SMILES string of the molecule is CC(C)(C)OC(=O)Nc1cc(CN2CCC(O)(C(=O)[O-])CC2)ccn1.[Li+]. The van der Waals surface area contributed by atoms with Gasteiger partial charge in [-0.2, -0.15) is 0 Å². The van der Waals surface area contributed by atoms with Gasteiger partial charge >= 0.3 is 25.0 Å². The maximum absolute atomic E-state index is 11.8. The van der Waals surface area contributed by atoms with E-state index in [4.69, 9.17) is 4.74 Å². The number of piperidine rings is 1. The van der Waals surface area contributed by atoms with E-state index in [1.807, 2.05) is 11.0 Å². The molecule has 1 amide bonds. The number of carbonyl (C=O) groups excluding carboxylic acids is 2. The first-order valence-electron chi connectivity index (χ1n) is 8.18. The van der Waals surface area contributed by atoms with Crippen LogP contribution >= 0.6 is 0 Å². The summed E-state index contributed by atoms with van der Waals surface area (Å²) in [6.07, 6.45) is 1.27. The smallest absolute Gasteiger partial charge is 0.547 e. The van der Waals surface area contributed by atoms with Gasteiger partial charge in [0.15, 0.2) is 0 Å². The second kappa shape index (κ2) is 8.87. The van der Waals surface area contributed by atoms with Crippen LogP contribution in [0.5, 0.6) is 0 Å². The van der Waals surface area contributed by atoms with Gasteiger partial charge < -0.3 is 19.7 Å². The number of rotatable bonds is 4. The number of aliphatic carboxylic acids is 1. The largest absolute Gasteiger partial charge is 1.00 e. The number of likely N-dealkylation sites (tertiary alicyclic amines) is 1. The Morgan fingerprint density at radius 1 is 1.38 bits per heavy atom. The van der Waals surface area contributed by atoms with Crippen molar-refractivity contribution in [3.05, 3.63) is 23.9 Å². The molecule has 1 aliphatic rings. The Bertz CT molecular complexity index is 640. The maximum Gasteiger partial charge on any atom is 1.00 e. The molecule has 0 saturated carbocycles. The summed E-state index contributed by atoms with van der Waals surface area (Å²) in [4.78, 5) is 28.9. The van der Waals surface area contributed by atoms with Gasteiger partial charge in [0.2, 0.25) is 0 Å². The van der Waals surface area contributed by atoms with Crippen molar-refractivity contribution in [2.24, 2.45) is 0 Å². The first kappa shape index (κ1) is 22.4. The summed E-state index contributed by atoms with van der Waals surface area (Å²) in [5.41, 5.74) is -1.41. The minimum absolute atomic E-state index is 0. The number of ether oxygens (including phenoxy) is 1. The molecule has 0 aliphatic carbocycles. The zero-order valence-corrected chi connectivity index (χ0v) is 15.7. The molecule has 0 radical (unpaired) electrons. The van der Waals surface area contributed by atoms with E-state index < -0.39 is 23.3 Å². The third kappa shape index (κ3) is 6.61. The van der Waals surface area contributed by atoms with Gasteiger partial charge in [0.05, 0.1) is 5.97 Å². The summed E-state index contributed by atoms with van der Waals surface area (Å²) < 4.78 is 5.19. The molecule has 0 atom stereocenters. The van der Waals surface area contributed by atoms with Crippen molar-refractivity contribution in [1.29, 1.82) is 0 Å². The summed E-state index contributed by atoms with van der Waals surface area (Å²) in [6, 6.07) is 3.56. The number of carboxylic acids is 1. The quantitative estimate of drug-likeness (QED) is 0.573. The van der Waals surface area contributed by atoms with Gasteiger partial charge in [-0.25, -0.2) is 9.78 Å². The molecule has 1 aliphatic heterocycles. The summed E-state index contributed by atoms with van der Waals surface area (Å²) in [5, 5.41) is 23.4. The van der Waals surface area contributed by atoms with Crippen molar-refractivity contribution in [3.63, 3.8) is 0 Å². The van der Waals surface area contributed by atoms with E-state index in [9.17, 15) is 19.8 Å². The van der Waals surface area contributed by atoms with Crippen LogP contribution in [-0.2, 0) is 16.1 Å². The molecule has 0 unspecified atom stereocenters. The summed E-state index contributed by atoms with van der Waals surface area (Å²) >= 11 is 0. The van der Waals surface area contributed by atoms with Crippen LogP contribution in [-0.4, -0.2) is 51.3 Å². The number of nitrogens with one attached hydrogen (secondary N) is 1. The number of aromatic nitrogens is 1.